The second-order valence-corrected chi connectivity index (χ2v) is 8.27. The van der Waals surface area contributed by atoms with Crippen LogP contribution in [0.15, 0.2) is 29.3 Å². The molecule has 4 amide bonds. The predicted molar refractivity (Wildman–Crippen MR) is 113 cm³/mol. The average Bonchev–Trinajstić information content (AvgIpc) is 2.78. The Labute approximate surface area is 189 Å². The fraction of sp³-hybridized carbons (Fsp3) is 0.455. The Morgan fingerprint density at radius 2 is 1.82 bits per heavy atom. The van der Waals surface area contributed by atoms with Crippen molar-refractivity contribution in [3.8, 4) is 0 Å². The molecule has 0 aromatic heterocycles. The number of fused-ring (bicyclic) bond motifs is 1. The third kappa shape index (κ3) is 4.35. The minimum Gasteiger partial charge on any atom is -0.350 e. The number of amidine groups is 1. The monoisotopic (exact) mass is 457 g/mol. The van der Waals surface area contributed by atoms with Gasteiger partial charge in [0.15, 0.2) is 6.04 Å². The number of aliphatic imine (C=N–C) groups is 1. The van der Waals surface area contributed by atoms with Crippen LogP contribution >= 0.6 is 0 Å². The number of carbonyl (C=O) groups is 5. The van der Waals surface area contributed by atoms with Gasteiger partial charge >= 0.3 is 11.8 Å². The highest BCUT2D eigenvalue weighted by Crippen LogP contribution is 2.23. The maximum absolute atomic E-state index is 13.1. The summed E-state index contributed by atoms with van der Waals surface area (Å²) >= 11 is 0. The molecule has 3 heterocycles. The molecule has 0 spiro atoms. The van der Waals surface area contributed by atoms with Crippen molar-refractivity contribution in [2.24, 2.45) is 4.99 Å². The van der Waals surface area contributed by atoms with E-state index in [-0.39, 0.29) is 18.9 Å². The molecule has 4 rings (SSSR count). The summed E-state index contributed by atoms with van der Waals surface area (Å²) < 4.78 is 13.1. The molecule has 1 aromatic carbocycles. The number of piperidine rings is 1. The lowest BCUT2D eigenvalue weighted by atomic mass is 9.97. The smallest absolute Gasteiger partial charge is 0.312 e. The molecule has 0 bridgehead atoms. The van der Waals surface area contributed by atoms with Crippen LogP contribution in [0.5, 0.6) is 0 Å². The van der Waals surface area contributed by atoms with Crippen molar-refractivity contribution in [3.63, 3.8) is 0 Å². The second kappa shape index (κ2) is 9.08. The van der Waals surface area contributed by atoms with Crippen molar-refractivity contribution in [1.82, 2.24) is 20.0 Å². The lowest BCUT2D eigenvalue weighted by Crippen LogP contribution is -2.62. The van der Waals surface area contributed by atoms with Gasteiger partial charge in [0, 0.05) is 33.2 Å². The van der Waals surface area contributed by atoms with Crippen molar-refractivity contribution in [1.29, 1.82) is 0 Å². The molecule has 2 saturated heterocycles. The van der Waals surface area contributed by atoms with E-state index in [1.807, 2.05) is 0 Å². The number of benzene rings is 1. The number of likely N-dealkylation sites (tertiary alicyclic amines) is 1. The highest BCUT2D eigenvalue weighted by Gasteiger charge is 2.46. The molecular formula is C22H24FN5O5. The fourth-order valence-corrected chi connectivity index (χ4v) is 4.05. The first-order valence-electron chi connectivity index (χ1n) is 10.8. The van der Waals surface area contributed by atoms with Crippen molar-refractivity contribution in [3.05, 3.63) is 35.6 Å². The molecule has 2 fully saturated rings. The molecule has 3 aliphatic heterocycles. The van der Waals surface area contributed by atoms with Crippen LogP contribution in [0, 0.1) is 5.82 Å². The molecule has 1 N–H and O–H groups in total. The van der Waals surface area contributed by atoms with Crippen LogP contribution in [0.25, 0.3) is 0 Å². The maximum Gasteiger partial charge on any atom is 0.312 e. The van der Waals surface area contributed by atoms with Crippen LogP contribution in [0.2, 0.25) is 0 Å². The first-order valence-corrected chi connectivity index (χ1v) is 10.8. The van der Waals surface area contributed by atoms with E-state index in [0.717, 1.165) is 6.42 Å². The van der Waals surface area contributed by atoms with Crippen molar-refractivity contribution in [2.75, 3.05) is 26.7 Å². The van der Waals surface area contributed by atoms with E-state index in [0.29, 0.717) is 31.5 Å². The highest BCUT2D eigenvalue weighted by molar-refractivity contribution is 6.46. The number of halogens is 1. The molecule has 174 valence electrons. The number of hydrogen-bond acceptors (Lipinski definition) is 6. The molecule has 1 aromatic rings. The minimum atomic E-state index is -1.58. The van der Waals surface area contributed by atoms with E-state index in [2.05, 4.69) is 10.3 Å². The number of ketones is 1. The maximum atomic E-state index is 13.1. The van der Waals surface area contributed by atoms with Gasteiger partial charge in [-0.15, -0.1) is 0 Å². The number of likely N-dealkylation sites (N-methyl/N-ethyl adjacent to an activating group) is 1. The average molecular weight is 457 g/mol. The zero-order valence-corrected chi connectivity index (χ0v) is 18.1. The molecule has 0 radical (unpaired) electrons. The number of Topliss-reactive ketones (excluding diaryl/α,β-unsaturated/α-hetero) is 1. The molecule has 0 saturated carbocycles. The van der Waals surface area contributed by atoms with E-state index < -0.39 is 47.3 Å². The number of nitrogens with one attached hydrogen (secondary N) is 1. The minimum absolute atomic E-state index is 0.0256. The van der Waals surface area contributed by atoms with Gasteiger partial charge in [-0.25, -0.2) is 9.38 Å². The fourth-order valence-electron chi connectivity index (χ4n) is 4.05. The van der Waals surface area contributed by atoms with Crippen LogP contribution in [-0.4, -0.2) is 88.7 Å². The summed E-state index contributed by atoms with van der Waals surface area (Å²) in [5.41, 5.74) is 0.610. The third-order valence-electron chi connectivity index (χ3n) is 6.14. The van der Waals surface area contributed by atoms with Gasteiger partial charge in [-0.05, 0) is 37.0 Å². The largest absolute Gasteiger partial charge is 0.350 e. The van der Waals surface area contributed by atoms with E-state index in [1.54, 1.807) is 0 Å². The van der Waals surface area contributed by atoms with Gasteiger partial charge in [0.1, 0.15) is 11.7 Å². The molecule has 33 heavy (non-hydrogen) atoms. The number of carbonyl (C=O) groups excluding carboxylic acids is 5. The van der Waals surface area contributed by atoms with Gasteiger partial charge in [0.05, 0.1) is 6.04 Å². The van der Waals surface area contributed by atoms with Crippen LogP contribution in [0.3, 0.4) is 0 Å². The van der Waals surface area contributed by atoms with Crippen LogP contribution in [0.1, 0.15) is 24.8 Å². The number of rotatable bonds is 4. The van der Waals surface area contributed by atoms with Gasteiger partial charge < -0.3 is 15.1 Å². The van der Waals surface area contributed by atoms with Gasteiger partial charge in [-0.2, -0.15) is 0 Å². The van der Waals surface area contributed by atoms with Crippen molar-refractivity contribution < 1.29 is 28.4 Å². The molecule has 11 heteroatoms. The zero-order valence-electron chi connectivity index (χ0n) is 18.1. The summed E-state index contributed by atoms with van der Waals surface area (Å²) in [7, 11) is 1.46. The summed E-state index contributed by atoms with van der Waals surface area (Å²) in [6, 6.07) is 3.18. The van der Waals surface area contributed by atoms with E-state index >= 15 is 0 Å². The summed E-state index contributed by atoms with van der Waals surface area (Å²) in [5.74, 6) is -4.19. The van der Waals surface area contributed by atoms with E-state index in [9.17, 15) is 28.4 Å². The van der Waals surface area contributed by atoms with Gasteiger partial charge in [-0.3, -0.25) is 28.9 Å². The van der Waals surface area contributed by atoms with Crippen LogP contribution in [-0.2, 0) is 30.5 Å². The Morgan fingerprint density at radius 1 is 1.12 bits per heavy atom. The molecule has 2 unspecified atom stereocenters. The number of amides is 4. The first-order chi connectivity index (χ1) is 15.8. The van der Waals surface area contributed by atoms with E-state index in [1.165, 1.54) is 46.0 Å². The highest BCUT2D eigenvalue weighted by atomic mass is 19.1. The van der Waals surface area contributed by atoms with Crippen LogP contribution < -0.4 is 5.32 Å². The Kier molecular flexibility index (Phi) is 6.21. The summed E-state index contributed by atoms with van der Waals surface area (Å²) in [5, 5.41) is 2.55. The van der Waals surface area contributed by atoms with E-state index in [4.69, 9.17) is 0 Å². The standard InChI is InChI=1S/C22H24FN5O5/c1-26(21(32)22(33)27-9-3-10-27)15-4-2-11-28-18(15)25-16(17(29)20(28)31)19(30)24-12-13-5-7-14(23)8-6-13/h5-8,15-16H,2-4,9-12H2,1H3,(H,24,30). The number of nitrogens with zero attached hydrogens (tertiary/aromatic N) is 4. The predicted octanol–water partition coefficient (Wildman–Crippen LogP) is -0.527. The summed E-state index contributed by atoms with van der Waals surface area (Å²) in [6.07, 6.45) is 1.80. The molecule has 10 nitrogen and oxygen atoms in total. The van der Waals surface area contributed by atoms with Crippen molar-refractivity contribution >= 4 is 35.2 Å². The SMILES string of the molecule is CN(C(=O)C(=O)N1CCC1)C1CCCN2C(=O)C(=O)C(C(=O)NCc3ccc(F)cc3)N=C12. The lowest BCUT2D eigenvalue weighted by molar-refractivity contribution is -0.154. The zero-order chi connectivity index (χ0) is 23.7. The van der Waals surface area contributed by atoms with Crippen molar-refractivity contribution in [2.45, 2.75) is 37.9 Å². The number of hydrogen-bond donors (Lipinski definition) is 1. The Hall–Kier alpha value is -3.63. The third-order valence-corrected chi connectivity index (χ3v) is 6.14. The second-order valence-electron chi connectivity index (χ2n) is 8.27. The van der Waals surface area contributed by atoms with Crippen LogP contribution in [0.4, 0.5) is 4.39 Å². The topological polar surface area (TPSA) is 119 Å². The first kappa shape index (κ1) is 22.6. The molecular weight excluding hydrogens is 433 g/mol. The molecule has 3 aliphatic rings. The van der Waals surface area contributed by atoms with Gasteiger partial charge in [0.2, 0.25) is 0 Å². The quantitative estimate of drug-likeness (QED) is 0.482. The Bertz CT molecular complexity index is 1040. The van der Waals surface area contributed by atoms with Gasteiger partial charge in [0.25, 0.3) is 17.6 Å². The summed E-state index contributed by atoms with van der Waals surface area (Å²) in [6.45, 7) is 1.32. The molecule has 0 aliphatic carbocycles. The Balaban J connectivity index is 1.52. The van der Waals surface area contributed by atoms with Gasteiger partial charge in [-0.1, -0.05) is 12.1 Å². The Morgan fingerprint density at radius 3 is 2.45 bits per heavy atom. The normalized spacial score (nSPS) is 22.2. The molecule has 2 atom stereocenters. The summed E-state index contributed by atoms with van der Waals surface area (Å²) in [4.78, 5) is 71.2. The lowest BCUT2D eigenvalue weighted by Gasteiger charge is -2.41.